The minimum absolute atomic E-state index is 0.0492. The van der Waals surface area contributed by atoms with Crippen molar-refractivity contribution in [1.29, 1.82) is 5.26 Å². The van der Waals surface area contributed by atoms with E-state index >= 15 is 0 Å². The first-order chi connectivity index (χ1) is 14.4. The molecule has 0 saturated heterocycles. The molecule has 0 spiro atoms. The Morgan fingerprint density at radius 3 is 2.53 bits per heavy atom. The Morgan fingerprint density at radius 1 is 1.20 bits per heavy atom. The van der Waals surface area contributed by atoms with Crippen LogP contribution in [0.1, 0.15) is 43.9 Å². The molecular formula is C21H23N5O4. The number of ether oxygens (including phenoxy) is 2. The van der Waals surface area contributed by atoms with Crippen molar-refractivity contribution >= 4 is 17.9 Å². The molecule has 2 amide bonds. The summed E-state index contributed by atoms with van der Waals surface area (Å²) in [4.78, 5) is 33.3. The average Bonchev–Trinajstić information content (AvgIpc) is 3.18. The summed E-state index contributed by atoms with van der Waals surface area (Å²) in [5.74, 6) is 0.360. The third-order valence-corrected chi connectivity index (χ3v) is 4.74. The Labute approximate surface area is 174 Å². The number of nitrogens with one attached hydrogen (secondary N) is 2. The van der Waals surface area contributed by atoms with Gasteiger partial charge in [-0.05, 0) is 51.0 Å². The van der Waals surface area contributed by atoms with Gasteiger partial charge in [-0.3, -0.25) is 5.32 Å². The van der Waals surface area contributed by atoms with Crippen molar-refractivity contribution in [3.63, 3.8) is 0 Å². The Kier molecular flexibility index (Phi) is 6.47. The van der Waals surface area contributed by atoms with Gasteiger partial charge in [0.05, 0.1) is 18.2 Å². The molecule has 0 atom stereocenters. The highest BCUT2D eigenvalue weighted by Gasteiger charge is 2.44. The SMILES string of the molecule is CCOC(=O)C1(NC(=O)Nc2nc(C)cc(Oc3ccc(C#N)cc3)n2)CCCC1. The van der Waals surface area contributed by atoms with E-state index in [1.807, 2.05) is 6.07 Å². The van der Waals surface area contributed by atoms with Crippen LogP contribution in [-0.4, -0.2) is 34.1 Å². The molecule has 9 nitrogen and oxygen atoms in total. The lowest BCUT2D eigenvalue weighted by Crippen LogP contribution is -2.54. The minimum atomic E-state index is -1.02. The molecule has 1 aliphatic carbocycles. The average molecular weight is 409 g/mol. The summed E-state index contributed by atoms with van der Waals surface area (Å²) in [5.41, 5.74) is 0.0822. The van der Waals surface area contributed by atoms with E-state index in [0.29, 0.717) is 29.8 Å². The number of nitrogens with zero attached hydrogens (tertiary/aromatic N) is 3. The molecule has 2 aromatic rings. The Morgan fingerprint density at radius 2 is 1.90 bits per heavy atom. The smallest absolute Gasteiger partial charge is 0.331 e. The van der Waals surface area contributed by atoms with Crippen molar-refractivity contribution in [1.82, 2.24) is 15.3 Å². The van der Waals surface area contributed by atoms with Gasteiger partial charge in [0.2, 0.25) is 11.8 Å². The molecule has 1 aliphatic rings. The largest absolute Gasteiger partial charge is 0.464 e. The van der Waals surface area contributed by atoms with Gasteiger partial charge in [-0.1, -0.05) is 12.8 Å². The van der Waals surface area contributed by atoms with Crippen molar-refractivity contribution in [2.24, 2.45) is 0 Å². The Bertz CT molecular complexity index is 962. The molecular weight excluding hydrogens is 386 g/mol. The molecule has 156 valence electrons. The van der Waals surface area contributed by atoms with E-state index in [0.717, 1.165) is 12.8 Å². The topological polar surface area (TPSA) is 126 Å². The highest BCUT2D eigenvalue weighted by atomic mass is 16.5. The maximum atomic E-state index is 12.6. The standard InChI is InChI=1S/C21H23N5O4/c1-3-29-18(27)21(10-4-5-11-21)26-20(28)25-19-23-14(2)12-17(24-19)30-16-8-6-15(13-22)7-9-16/h6-9,12H,3-5,10-11H2,1-2H3,(H2,23,24,25,26,28). The predicted molar refractivity (Wildman–Crippen MR) is 108 cm³/mol. The second-order valence-corrected chi connectivity index (χ2v) is 7.00. The summed E-state index contributed by atoms with van der Waals surface area (Å²) >= 11 is 0. The third-order valence-electron chi connectivity index (χ3n) is 4.74. The number of carbonyl (C=O) groups excluding carboxylic acids is 2. The van der Waals surface area contributed by atoms with E-state index in [-0.39, 0.29) is 18.4 Å². The number of aryl methyl sites for hydroxylation is 1. The van der Waals surface area contributed by atoms with Gasteiger partial charge in [0, 0.05) is 11.8 Å². The fourth-order valence-electron chi connectivity index (χ4n) is 3.34. The number of hydrogen-bond acceptors (Lipinski definition) is 7. The Balaban J connectivity index is 1.70. The monoisotopic (exact) mass is 409 g/mol. The first kappa shape index (κ1) is 21.0. The highest BCUT2D eigenvalue weighted by Crippen LogP contribution is 2.31. The molecule has 2 N–H and O–H groups in total. The van der Waals surface area contributed by atoms with Gasteiger partial charge >= 0.3 is 12.0 Å². The van der Waals surface area contributed by atoms with Crippen LogP contribution in [0.25, 0.3) is 0 Å². The summed E-state index contributed by atoms with van der Waals surface area (Å²) < 4.78 is 10.8. The molecule has 1 aromatic carbocycles. The van der Waals surface area contributed by atoms with Crippen LogP contribution in [0, 0.1) is 18.3 Å². The number of amides is 2. The van der Waals surface area contributed by atoms with Crippen molar-refractivity contribution in [2.75, 3.05) is 11.9 Å². The predicted octanol–water partition coefficient (Wildman–Crippen LogP) is 3.45. The maximum absolute atomic E-state index is 12.6. The van der Waals surface area contributed by atoms with E-state index in [2.05, 4.69) is 20.6 Å². The maximum Gasteiger partial charge on any atom is 0.331 e. The normalized spacial score (nSPS) is 14.4. The van der Waals surface area contributed by atoms with Gasteiger partial charge in [-0.15, -0.1) is 0 Å². The van der Waals surface area contributed by atoms with Crippen LogP contribution in [0.2, 0.25) is 0 Å². The zero-order chi connectivity index (χ0) is 21.6. The van der Waals surface area contributed by atoms with E-state index in [9.17, 15) is 9.59 Å². The van der Waals surface area contributed by atoms with E-state index in [1.165, 1.54) is 0 Å². The lowest BCUT2D eigenvalue weighted by atomic mass is 9.98. The number of esters is 1. The quantitative estimate of drug-likeness (QED) is 0.700. The minimum Gasteiger partial charge on any atom is -0.464 e. The Hall–Kier alpha value is -3.67. The van der Waals surface area contributed by atoms with Crippen LogP contribution >= 0.6 is 0 Å². The molecule has 0 radical (unpaired) electrons. The number of carbonyl (C=O) groups is 2. The van der Waals surface area contributed by atoms with Crippen molar-refractivity contribution in [3.05, 3.63) is 41.6 Å². The zero-order valence-corrected chi connectivity index (χ0v) is 16.9. The van der Waals surface area contributed by atoms with Gasteiger partial charge in [0.15, 0.2) is 0 Å². The highest BCUT2D eigenvalue weighted by molar-refractivity contribution is 5.93. The van der Waals surface area contributed by atoms with Crippen LogP contribution in [-0.2, 0) is 9.53 Å². The summed E-state index contributed by atoms with van der Waals surface area (Å²) in [6.45, 7) is 3.73. The fourth-order valence-corrected chi connectivity index (χ4v) is 3.34. The first-order valence-corrected chi connectivity index (χ1v) is 9.74. The summed E-state index contributed by atoms with van der Waals surface area (Å²) in [5, 5.41) is 14.2. The van der Waals surface area contributed by atoms with Crippen LogP contribution in [0.15, 0.2) is 30.3 Å². The van der Waals surface area contributed by atoms with E-state index in [4.69, 9.17) is 14.7 Å². The molecule has 1 saturated carbocycles. The molecule has 1 aromatic heterocycles. The fraction of sp³-hybridized carbons (Fsp3) is 0.381. The van der Waals surface area contributed by atoms with Gasteiger partial charge < -0.3 is 14.8 Å². The summed E-state index contributed by atoms with van der Waals surface area (Å²) in [6, 6.07) is 9.64. The number of aromatic nitrogens is 2. The van der Waals surface area contributed by atoms with Crippen LogP contribution < -0.4 is 15.4 Å². The lowest BCUT2D eigenvalue weighted by molar-refractivity contribution is -0.150. The van der Waals surface area contributed by atoms with Crippen LogP contribution in [0.3, 0.4) is 0 Å². The van der Waals surface area contributed by atoms with Crippen LogP contribution in [0.4, 0.5) is 10.7 Å². The van der Waals surface area contributed by atoms with Crippen molar-refractivity contribution in [2.45, 2.75) is 45.1 Å². The lowest BCUT2D eigenvalue weighted by Gasteiger charge is -2.27. The number of anilines is 1. The van der Waals surface area contributed by atoms with Gasteiger partial charge in [-0.25, -0.2) is 14.6 Å². The summed E-state index contributed by atoms with van der Waals surface area (Å²) in [6.07, 6.45) is 2.73. The van der Waals surface area contributed by atoms with Gasteiger partial charge in [0.1, 0.15) is 11.3 Å². The van der Waals surface area contributed by atoms with Crippen molar-refractivity contribution < 1.29 is 19.1 Å². The van der Waals surface area contributed by atoms with Crippen molar-refractivity contribution in [3.8, 4) is 17.7 Å². The van der Waals surface area contributed by atoms with E-state index < -0.39 is 17.5 Å². The summed E-state index contributed by atoms with van der Waals surface area (Å²) in [7, 11) is 0. The number of urea groups is 1. The molecule has 30 heavy (non-hydrogen) atoms. The first-order valence-electron chi connectivity index (χ1n) is 9.74. The van der Waals surface area contributed by atoms with E-state index in [1.54, 1.807) is 44.2 Å². The van der Waals surface area contributed by atoms with Gasteiger partial charge in [0.25, 0.3) is 0 Å². The number of nitriles is 1. The zero-order valence-electron chi connectivity index (χ0n) is 16.9. The van der Waals surface area contributed by atoms with Gasteiger partial charge in [-0.2, -0.15) is 10.2 Å². The third kappa shape index (κ3) is 5.03. The molecule has 1 fully saturated rings. The number of rotatable bonds is 6. The second-order valence-electron chi connectivity index (χ2n) is 7.00. The number of hydrogen-bond donors (Lipinski definition) is 2. The van der Waals surface area contributed by atoms with Crippen LogP contribution in [0.5, 0.6) is 11.6 Å². The number of benzene rings is 1. The molecule has 0 bridgehead atoms. The second kappa shape index (κ2) is 9.22. The molecule has 0 aliphatic heterocycles. The molecule has 1 heterocycles. The molecule has 9 heteroatoms. The molecule has 3 rings (SSSR count). The molecule has 0 unspecified atom stereocenters.